The van der Waals surface area contributed by atoms with Crippen molar-refractivity contribution in [1.82, 2.24) is 14.5 Å². The lowest BCUT2D eigenvalue weighted by Gasteiger charge is -2.32. The lowest BCUT2D eigenvalue weighted by Crippen LogP contribution is -2.52. The molecule has 0 fully saturated rings. The van der Waals surface area contributed by atoms with Gasteiger partial charge in [-0.15, -0.1) is 0 Å². The van der Waals surface area contributed by atoms with Crippen molar-refractivity contribution in [3.8, 4) is 0 Å². The summed E-state index contributed by atoms with van der Waals surface area (Å²) in [4.78, 5) is 26.9. The highest BCUT2D eigenvalue weighted by Crippen LogP contribution is 2.21. The van der Waals surface area contributed by atoms with Crippen molar-refractivity contribution in [3.05, 3.63) is 64.9 Å². The van der Waals surface area contributed by atoms with Crippen LogP contribution >= 0.6 is 11.6 Å². The van der Waals surface area contributed by atoms with Crippen LogP contribution in [0.5, 0.6) is 0 Å². The maximum Gasteiger partial charge on any atom is 0.304 e. The predicted octanol–water partition coefficient (Wildman–Crippen LogP) is 2.26. The SMILES string of the molecule is CNC(=O)C(C)N(Cc1ccc(Cl)cc1)C(=O)CN(c1ccc(F)cc1)S(=O)(=O)N(C)C. The van der Waals surface area contributed by atoms with Gasteiger partial charge in [-0.3, -0.25) is 9.59 Å². The Morgan fingerprint density at radius 3 is 2.12 bits per heavy atom. The van der Waals surface area contributed by atoms with Crippen LogP contribution in [0, 0.1) is 5.82 Å². The Morgan fingerprint density at radius 1 is 1.06 bits per heavy atom. The van der Waals surface area contributed by atoms with E-state index in [0.29, 0.717) is 10.6 Å². The Hall–Kier alpha value is -2.69. The second-order valence-corrected chi connectivity index (χ2v) is 9.71. The van der Waals surface area contributed by atoms with Crippen molar-refractivity contribution in [2.45, 2.75) is 19.5 Å². The number of nitrogens with zero attached hydrogens (tertiary/aromatic N) is 3. The molecule has 2 aromatic carbocycles. The molecule has 0 heterocycles. The van der Waals surface area contributed by atoms with Crippen LogP contribution in [-0.4, -0.2) is 63.2 Å². The largest absolute Gasteiger partial charge is 0.357 e. The number of rotatable bonds is 9. The Morgan fingerprint density at radius 2 is 1.62 bits per heavy atom. The molecule has 0 saturated carbocycles. The Bertz CT molecular complexity index is 1050. The van der Waals surface area contributed by atoms with Gasteiger partial charge in [0.15, 0.2) is 0 Å². The number of benzene rings is 2. The van der Waals surface area contributed by atoms with E-state index in [1.54, 1.807) is 31.2 Å². The van der Waals surface area contributed by atoms with E-state index in [0.717, 1.165) is 20.7 Å². The minimum Gasteiger partial charge on any atom is -0.357 e. The minimum absolute atomic E-state index is 0.0594. The summed E-state index contributed by atoms with van der Waals surface area (Å²) in [6.07, 6.45) is 0. The van der Waals surface area contributed by atoms with E-state index in [4.69, 9.17) is 11.6 Å². The van der Waals surface area contributed by atoms with Gasteiger partial charge in [0.1, 0.15) is 18.4 Å². The number of carbonyl (C=O) groups excluding carboxylic acids is 2. The molecular weight excluding hydrogens is 459 g/mol. The number of amides is 2. The zero-order valence-corrected chi connectivity index (χ0v) is 19.8. The molecule has 174 valence electrons. The number of likely N-dealkylation sites (N-methyl/N-ethyl adjacent to an activating group) is 1. The Kier molecular flexibility index (Phi) is 8.59. The first-order valence-electron chi connectivity index (χ1n) is 9.68. The topological polar surface area (TPSA) is 90.0 Å². The zero-order valence-electron chi connectivity index (χ0n) is 18.2. The average molecular weight is 485 g/mol. The van der Waals surface area contributed by atoms with Crippen LogP contribution in [0.25, 0.3) is 0 Å². The number of nitrogens with one attached hydrogen (secondary N) is 1. The van der Waals surface area contributed by atoms with Crippen molar-refractivity contribution in [1.29, 1.82) is 0 Å². The monoisotopic (exact) mass is 484 g/mol. The quantitative estimate of drug-likeness (QED) is 0.591. The van der Waals surface area contributed by atoms with E-state index in [1.165, 1.54) is 38.2 Å². The molecule has 32 heavy (non-hydrogen) atoms. The van der Waals surface area contributed by atoms with Gasteiger partial charge in [-0.25, -0.2) is 8.70 Å². The molecule has 1 N–H and O–H groups in total. The van der Waals surface area contributed by atoms with E-state index in [1.807, 2.05) is 0 Å². The lowest BCUT2D eigenvalue weighted by atomic mass is 10.1. The van der Waals surface area contributed by atoms with E-state index in [2.05, 4.69) is 5.32 Å². The third kappa shape index (κ3) is 6.18. The molecule has 0 aliphatic carbocycles. The summed E-state index contributed by atoms with van der Waals surface area (Å²) in [5.41, 5.74) is 0.829. The summed E-state index contributed by atoms with van der Waals surface area (Å²) in [6, 6.07) is 10.6. The molecule has 0 aliphatic rings. The third-order valence-electron chi connectivity index (χ3n) is 4.81. The van der Waals surface area contributed by atoms with Gasteiger partial charge in [-0.05, 0) is 48.9 Å². The van der Waals surface area contributed by atoms with Gasteiger partial charge in [-0.1, -0.05) is 23.7 Å². The Balaban J connectivity index is 2.42. The summed E-state index contributed by atoms with van der Waals surface area (Å²) in [5.74, 6) is -1.55. The van der Waals surface area contributed by atoms with Gasteiger partial charge < -0.3 is 10.2 Å². The first kappa shape index (κ1) is 25.6. The van der Waals surface area contributed by atoms with Crippen molar-refractivity contribution in [2.24, 2.45) is 0 Å². The molecule has 8 nitrogen and oxygen atoms in total. The molecule has 0 aliphatic heterocycles. The zero-order chi connectivity index (χ0) is 24.1. The van der Waals surface area contributed by atoms with E-state index in [9.17, 15) is 22.4 Å². The molecular formula is C21H26ClFN4O4S. The van der Waals surface area contributed by atoms with Crippen molar-refractivity contribution in [3.63, 3.8) is 0 Å². The van der Waals surface area contributed by atoms with Gasteiger partial charge in [0.2, 0.25) is 11.8 Å². The summed E-state index contributed by atoms with van der Waals surface area (Å²) >= 11 is 5.92. The molecule has 1 unspecified atom stereocenters. The molecule has 2 aromatic rings. The van der Waals surface area contributed by atoms with Gasteiger partial charge in [0, 0.05) is 32.7 Å². The summed E-state index contributed by atoms with van der Waals surface area (Å²) in [7, 11) is 0.0214. The summed E-state index contributed by atoms with van der Waals surface area (Å²) < 4.78 is 41.1. The fraction of sp³-hybridized carbons (Fsp3) is 0.333. The highest BCUT2D eigenvalue weighted by molar-refractivity contribution is 7.90. The fourth-order valence-electron chi connectivity index (χ4n) is 2.90. The van der Waals surface area contributed by atoms with E-state index in [-0.39, 0.29) is 12.2 Å². The normalized spacial score (nSPS) is 12.3. The summed E-state index contributed by atoms with van der Waals surface area (Å²) in [6.45, 7) is 1.03. The van der Waals surface area contributed by atoms with Gasteiger partial charge in [0.05, 0.1) is 5.69 Å². The summed E-state index contributed by atoms with van der Waals surface area (Å²) in [5, 5.41) is 3.02. The second kappa shape index (κ2) is 10.8. The van der Waals surface area contributed by atoms with Crippen molar-refractivity contribution < 1.29 is 22.4 Å². The first-order chi connectivity index (χ1) is 15.0. The molecule has 0 saturated heterocycles. The molecule has 2 amide bonds. The smallest absolute Gasteiger partial charge is 0.304 e. The maximum atomic E-state index is 13.4. The van der Waals surface area contributed by atoms with Crippen molar-refractivity contribution >= 4 is 39.3 Å². The molecule has 2 rings (SSSR count). The molecule has 0 aromatic heterocycles. The number of anilines is 1. The van der Waals surface area contributed by atoms with Crippen LogP contribution in [0.2, 0.25) is 5.02 Å². The van der Waals surface area contributed by atoms with Gasteiger partial charge in [-0.2, -0.15) is 12.7 Å². The van der Waals surface area contributed by atoms with Crippen molar-refractivity contribution in [2.75, 3.05) is 32.0 Å². The van der Waals surface area contributed by atoms with Crippen LogP contribution in [0.1, 0.15) is 12.5 Å². The number of hydrogen-bond donors (Lipinski definition) is 1. The van der Waals surface area contributed by atoms with Crippen LogP contribution < -0.4 is 9.62 Å². The Labute approximate surface area is 192 Å². The van der Waals surface area contributed by atoms with Crippen LogP contribution in [-0.2, 0) is 26.3 Å². The minimum atomic E-state index is -4.08. The number of carbonyl (C=O) groups is 2. The first-order valence-corrected chi connectivity index (χ1v) is 11.5. The van der Waals surface area contributed by atoms with Crippen LogP contribution in [0.4, 0.5) is 10.1 Å². The molecule has 0 radical (unpaired) electrons. The maximum absolute atomic E-state index is 13.4. The highest BCUT2D eigenvalue weighted by Gasteiger charge is 2.32. The highest BCUT2D eigenvalue weighted by atomic mass is 35.5. The van der Waals surface area contributed by atoms with Crippen LogP contribution in [0.15, 0.2) is 48.5 Å². The molecule has 0 bridgehead atoms. The standard InChI is InChI=1S/C21H26ClFN4O4S/c1-15(21(29)24-2)26(13-16-5-7-17(22)8-6-16)20(28)14-27(32(30,31)25(3)4)19-11-9-18(23)10-12-19/h5-12,15H,13-14H2,1-4H3,(H,24,29). The third-order valence-corrected chi connectivity index (χ3v) is 6.89. The number of halogens is 2. The van der Waals surface area contributed by atoms with Gasteiger partial charge >= 0.3 is 10.2 Å². The molecule has 1 atom stereocenters. The lowest BCUT2D eigenvalue weighted by molar-refractivity contribution is -0.139. The molecule has 11 heteroatoms. The second-order valence-electron chi connectivity index (χ2n) is 7.21. The molecule has 0 spiro atoms. The fourth-order valence-corrected chi connectivity index (χ4v) is 4.08. The van der Waals surface area contributed by atoms with E-state index < -0.39 is 40.4 Å². The van der Waals surface area contributed by atoms with E-state index >= 15 is 0 Å². The average Bonchev–Trinajstić information content (AvgIpc) is 2.76. The number of hydrogen-bond acceptors (Lipinski definition) is 4. The van der Waals surface area contributed by atoms with Gasteiger partial charge in [0.25, 0.3) is 0 Å². The van der Waals surface area contributed by atoms with Crippen LogP contribution in [0.3, 0.4) is 0 Å². The predicted molar refractivity (Wildman–Crippen MR) is 122 cm³/mol.